The largest absolute Gasteiger partial charge is 0.483 e. The third-order valence-electron chi connectivity index (χ3n) is 2.22. The van der Waals surface area contributed by atoms with Gasteiger partial charge in [-0.15, -0.1) is 0 Å². The number of nitro benzene ring substituents is 1. The zero-order valence-corrected chi connectivity index (χ0v) is 14.1. The number of carbonyl (C=O) groups is 2. The molecular weight excluding hydrogens is 414 g/mol. The van der Waals surface area contributed by atoms with Crippen molar-refractivity contribution < 1.29 is 24.0 Å². The van der Waals surface area contributed by atoms with Gasteiger partial charge in [-0.2, -0.15) is 0 Å². The molecule has 0 fully saturated rings. The summed E-state index contributed by atoms with van der Waals surface area (Å²) in [6.07, 6.45) is -0.379. The predicted octanol–water partition coefficient (Wildman–Crippen LogP) is 3.02. The highest BCUT2D eigenvalue weighted by Gasteiger charge is 2.17. The van der Waals surface area contributed by atoms with E-state index in [9.17, 15) is 19.7 Å². The Morgan fingerprint density at radius 1 is 1.29 bits per heavy atom. The third kappa shape index (κ3) is 5.43. The number of hydrogen-bond acceptors (Lipinski definition) is 6. The minimum absolute atomic E-state index is 0.126. The SMILES string of the molecule is CCOC(=O)CC(=O)COc1c(Br)cc([N+](=O)[O-])cc1Br. The lowest BCUT2D eigenvalue weighted by atomic mass is 10.3. The van der Waals surface area contributed by atoms with Crippen LogP contribution in [0.1, 0.15) is 13.3 Å². The minimum atomic E-state index is -0.618. The number of nitro groups is 1. The molecule has 0 radical (unpaired) electrons. The van der Waals surface area contributed by atoms with Crippen LogP contribution in [-0.4, -0.2) is 29.9 Å². The summed E-state index contributed by atoms with van der Waals surface area (Å²) in [6.45, 7) is 1.50. The first-order valence-corrected chi connectivity index (χ1v) is 7.37. The molecule has 9 heteroatoms. The van der Waals surface area contributed by atoms with Crippen molar-refractivity contribution in [2.75, 3.05) is 13.2 Å². The van der Waals surface area contributed by atoms with Crippen molar-refractivity contribution in [3.63, 3.8) is 0 Å². The second kappa shape index (κ2) is 8.08. The number of halogens is 2. The number of benzene rings is 1. The average Bonchev–Trinajstić information content (AvgIpc) is 2.37. The Hall–Kier alpha value is -1.48. The van der Waals surface area contributed by atoms with E-state index in [0.717, 1.165) is 0 Å². The Morgan fingerprint density at radius 3 is 2.33 bits per heavy atom. The first kappa shape index (κ1) is 17.6. The van der Waals surface area contributed by atoms with Crippen LogP contribution in [0.3, 0.4) is 0 Å². The number of Topliss-reactive ketones (excluding diaryl/α,β-unsaturated/α-hetero) is 1. The lowest BCUT2D eigenvalue weighted by Gasteiger charge is -2.09. The van der Waals surface area contributed by atoms with Crippen LogP contribution in [-0.2, 0) is 14.3 Å². The molecule has 0 heterocycles. The van der Waals surface area contributed by atoms with E-state index in [1.165, 1.54) is 12.1 Å². The van der Waals surface area contributed by atoms with E-state index in [1.54, 1.807) is 6.92 Å². The Bertz CT molecular complexity index is 552. The highest BCUT2D eigenvalue weighted by molar-refractivity contribution is 9.11. The van der Waals surface area contributed by atoms with Gasteiger partial charge in [0, 0.05) is 12.1 Å². The van der Waals surface area contributed by atoms with Crippen LogP contribution in [0, 0.1) is 10.1 Å². The third-order valence-corrected chi connectivity index (χ3v) is 3.40. The number of esters is 1. The minimum Gasteiger partial charge on any atom is -0.483 e. The molecule has 0 aromatic heterocycles. The van der Waals surface area contributed by atoms with Gasteiger partial charge in [0.25, 0.3) is 5.69 Å². The van der Waals surface area contributed by atoms with Crippen molar-refractivity contribution in [2.45, 2.75) is 13.3 Å². The number of ketones is 1. The topological polar surface area (TPSA) is 95.7 Å². The molecule has 21 heavy (non-hydrogen) atoms. The smallest absolute Gasteiger partial charge is 0.313 e. The molecule has 0 aliphatic heterocycles. The molecule has 0 saturated carbocycles. The van der Waals surface area contributed by atoms with Crippen LogP contribution in [0.15, 0.2) is 21.1 Å². The molecule has 0 amide bonds. The molecule has 0 spiro atoms. The monoisotopic (exact) mass is 423 g/mol. The van der Waals surface area contributed by atoms with E-state index in [0.29, 0.717) is 8.95 Å². The molecule has 0 aliphatic carbocycles. The van der Waals surface area contributed by atoms with Crippen molar-refractivity contribution in [1.82, 2.24) is 0 Å². The van der Waals surface area contributed by atoms with Gasteiger partial charge in [0.2, 0.25) is 0 Å². The van der Waals surface area contributed by atoms with Crippen molar-refractivity contribution in [2.24, 2.45) is 0 Å². The van der Waals surface area contributed by atoms with Gasteiger partial charge in [-0.25, -0.2) is 0 Å². The van der Waals surface area contributed by atoms with Crippen LogP contribution in [0.25, 0.3) is 0 Å². The van der Waals surface area contributed by atoms with Gasteiger partial charge < -0.3 is 9.47 Å². The van der Waals surface area contributed by atoms with E-state index in [-0.39, 0.29) is 31.1 Å². The summed E-state index contributed by atoms with van der Waals surface area (Å²) in [7, 11) is 0. The molecule has 0 saturated heterocycles. The van der Waals surface area contributed by atoms with Gasteiger partial charge in [-0.05, 0) is 38.8 Å². The Balaban J connectivity index is 2.70. The van der Waals surface area contributed by atoms with E-state index < -0.39 is 16.7 Å². The maximum absolute atomic E-state index is 11.5. The second-order valence-electron chi connectivity index (χ2n) is 3.80. The molecule has 0 aliphatic rings. The number of rotatable bonds is 7. The summed E-state index contributed by atoms with van der Waals surface area (Å²) in [4.78, 5) is 32.8. The first-order chi connectivity index (χ1) is 9.85. The quantitative estimate of drug-likeness (QED) is 0.289. The summed E-state index contributed by atoms with van der Waals surface area (Å²) in [5.41, 5.74) is -0.126. The molecule has 0 atom stereocenters. The molecule has 0 N–H and O–H groups in total. The first-order valence-electron chi connectivity index (χ1n) is 5.78. The second-order valence-corrected chi connectivity index (χ2v) is 5.51. The maximum Gasteiger partial charge on any atom is 0.313 e. The zero-order valence-electron chi connectivity index (χ0n) is 10.9. The number of nitrogens with zero attached hydrogens (tertiary/aromatic N) is 1. The van der Waals surface area contributed by atoms with Crippen molar-refractivity contribution in [3.8, 4) is 5.75 Å². The summed E-state index contributed by atoms with van der Waals surface area (Å²) >= 11 is 6.26. The highest BCUT2D eigenvalue weighted by atomic mass is 79.9. The number of ether oxygens (including phenoxy) is 2. The lowest BCUT2D eigenvalue weighted by molar-refractivity contribution is -0.385. The summed E-state index contributed by atoms with van der Waals surface area (Å²) in [5, 5.41) is 10.7. The molecule has 0 unspecified atom stereocenters. The lowest BCUT2D eigenvalue weighted by Crippen LogP contribution is -2.17. The van der Waals surface area contributed by atoms with Gasteiger partial charge in [0.05, 0.1) is 20.5 Å². The molecule has 1 aromatic carbocycles. The number of hydrogen-bond donors (Lipinski definition) is 0. The summed E-state index contributed by atoms with van der Waals surface area (Å²) < 4.78 is 10.6. The van der Waals surface area contributed by atoms with Crippen molar-refractivity contribution in [1.29, 1.82) is 0 Å². The summed E-state index contributed by atoms with van der Waals surface area (Å²) in [5.74, 6) is -0.823. The maximum atomic E-state index is 11.5. The Kier molecular flexibility index (Phi) is 6.76. The summed E-state index contributed by atoms with van der Waals surface area (Å²) in [6, 6.07) is 2.52. The van der Waals surface area contributed by atoms with Gasteiger partial charge in [-0.3, -0.25) is 19.7 Å². The van der Waals surface area contributed by atoms with Gasteiger partial charge in [0.15, 0.2) is 5.78 Å². The van der Waals surface area contributed by atoms with Crippen LogP contribution in [0.4, 0.5) is 5.69 Å². The molecular formula is C12H11Br2NO6. The van der Waals surface area contributed by atoms with E-state index in [4.69, 9.17) is 4.74 Å². The zero-order chi connectivity index (χ0) is 16.0. The normalized spacial score (nSPS) is 10.0. The molecule has 1 aromatic rings. The Morgan fingerprint density at radius 2 is 1.86 bits per heavy atom. The fraction of sp³-hybridized carbons (Fsp3) is 0.333. The Labute approximate surface area is 137 Å². The number of non-ortho nitro benzene ring substituents is 1. The molecule has 0 bridgehead atoms. The van der Waals surface area contributed by atoms with Crippen molar-refractivity contribution >= 4 is 49.3 Å². The van der Waals surface area contributed by atoms with Crippen LogP contribution in [0.5, 0.6) is 5.75 Å². The fourth-order valence-corrected chi connectivity index (χ4v) is 2.76. The van der Waals surface area contributed by atoms with Gasteiger partial charge >= 0.3 is 5.97 Å². The highest BCUT2D eigenvalue weighted by Crippen LogP contribution is 2.37. The van der Waals surface area contributed by atoms with E-state index in [1.807, 2.05) is 0 Å². The van der Waals surface area contributed by atoms with E-state index >= 15 is 0 Å². The van der Waals surface area contributed by atoms with Crippen LogP contribution >= 0.6 is 31.9 Å². The average molecular weight is 425 g/mol. The van der Waals surface area contributed by atoms with Gasteiger partial charge in [0.1, 0.15) is 18.8 Å². The van der Waals surface area contributed by atoms with Crippen LogP contribution < -0.4 is 4.74 Å². The van der Waals surface area contributed by atoms with Gasteiger partial charge in [-0.1, -0.05) is 0 Å². The molecule has 1 rings (SSSR count). The van der Waals surface area contributed by atoms with Crippen LogP contribution in [0.2, 0.25) is 0 Å². The predicted molar refractivity (Wildman–Crippen MR) is 80.2 cm³/mol. The number of carbonyl (C=O) groups excluding carboxylic acids is 2. The molecule has 114 valence electrons. The van der Waals surface area contributed by atoms with E-state index in [2.05, 4.69) is 36.6 Å². The molecule has 7 nitrogen and oxygen atoms in total. The fourth-order valence-electron chi connectivity index (χ4n) is 1.37. The van der Waals surface area contributed by atoms with Crippen molar-refractivity contribution in [3.05, 3.63) is 31.2 Å². The standard InChI is InChI=1S/C12H11Br2NO6/c1-2-20-11(17)5-8(16)6-21-12-9(13)3-7(15(18)19)4-10(12)14/h3-4H,2,5-6H2,1H3.